The van der Waals surface area contributed by atoms with Gasteiger partial charge in [0, 0.05) is 12.0 Å². The molecule has 0 amide bonds. The van der Waals surface area contributed by atoms with Crippen molar-refractivity contribution in [3.8, 4) is 0 Å². The minimum absolute atomic E-state index is 0.281. The Bertz CT molecular complexity index is 754. The minimum Gasteiger partial charge on any atom is -0.461 e. The maximum Gasteiger partial charge on any atom is 0.363 e. The van der Waals surface area contributed by atoms with Crippen LogP contribution in [-0.2, 0) is 9.53 Å². The molecule has 2 aromatic heterocycles. The van der Waals surface area contributed by atoms with Gasteiger partial charge in [-0.15, -0.1) is 11.3 Å². The Kier molecular flexibility index (Phi) is 2.82. The second-order valence-electron chi connectivity index (χ2n) is 5.37. The summed E-state index contributed by atoms with van der Waals surface area (Å²) in [6, 6.07) is 7.62. The Morgan fingerprint density at radius 3 is 2.95 bits per heavy atom. The first kappa shape index (κ1) is 12.6. The van der Waals surface area contributed by atoms with Crippen LogP contribution in [0.25, 0.3) is 6.08 Å². The Balaban J connectivity index is 1.60. The summed E-state index contributed by atoms with van der Waals surface area (Å²) in [6.45, 7) is 2.21. The highest BCUT2D eigenvalue weighted by molar-refractivity contribution is 7.12. The number of rotatable bonds is 3. The van der Waals surface area contributed by atoms with Crippen molar-refractivity contribution >= 4 is 29.3 Å². The smallest absolute Gasteiger partial charge is 0.363 e. The molecule has 5 heteroatoms. The normalized spacial score (nSPS) is 26.0. The van der Waals surface area contributed by atoms with Crippen LogP contribution in [-0.4, -0.2) is 11.9 Å². The first-order chi connectivity index (χ1) is 10.2. The van der Waals surface area contributed by atoms with Crippen LogP contribution < -0.4 is 0 Å². The topological polar surface area (TPSA) is 51.8 Å². The van der Waals surface area contributed by atoms with E-state index in [4.69, 9.17) is 9.15 Å². The Morgan fingerprint density at radius 2 is 2.24 bits per heavy atom. The van der Waals surface area contributed by atoms with E-state index < -0.39 is 5.97 Å². The van der Waals surface area contributed by atoms with Gasteiger partial charge in [0.1, 0.15) is 11.5 Å². The highest BCUT2D eigenvalue weighted by Crippen LogP contribution is 2.47. The monoisotopic (exact) mass is 299 g/mol. The van der Waals surface area contributed by atoms with Crippen molar-refractivity contribution in [1.82, 2.24) is 0 Å². The first-order valence-corrected chi connectivity index (χ1v) is 7.75. The largest absolute Gasteiger partial charge is 0.461 e. The molecule has 1 fully saturated rings. The zero-order valence-corrected chi connectivity index (χ0v) is 12.2. The molecule has 2 unspecified atom stereocenters. The van der Waals surface area contributed by atoms with E-state index >= 15 is 0 Å². The Morgan fingerprint density at radius 1 is 1.38 bits per heavy atom. The fraction of sp³-hybridized carbons (Fsp3) is 0.250. The van der Waals surface area contributed by atoms with Gasteiger partial charge in [-0.1, -0.05) is 13.0 Å². The number of ether oxygens (including phenoxy) is 1. The summed E-state index contributed by atoms with van der Waals surface area (Å²) in [6.07, 6.45) is 2.81. The molecule has 4 rings (SSSR count). The predicted molar refractivity (Wildman–Crippen MR) is 80.2 cm³/mol. The number of carbonyl (C=O) groups excluding carboxylic acids is 1. The summed E-state index contributed by atoms with van der Waals surface area (Å²) in [5.41, 5.74) is 0.281. The van der Waals surface area contributed by atoms with Gasteiger partial charge in [0.15, 0.2) is 5.70 Å². The second kappa shape index (κ2) is 4.70. The molecule has 4 nitrogen and oxygen atoms in total. The third kappa shape index (κ3) is 2.34. The van der Waals surface area contributed by atoms with E-state index in [1.165, 1.54) is 17.8 Å². The van der Waals surface area contributed by atoms with Crippen molar-refractivity contribution in [2.24, 2.45) is 10.9 Å². The van der Waals surface area contributed by atoms with Crippen LogP contribution in [0.1, 0.15) is 35.7 Å². The molecule has 1 saturated carbocycles. The number of esters is 1. The molecule has 1 aliphatic carbocycles. The van der Waals surface area contributed by atoms with E-state index in [2.05, 4.69) is 11.9 Å². The molecule has 0 aromatic carbocycles. The summed E-state index contributed by atoms with van der Waals surface area (Å²) in [5.74, 6) is 2.78. The first-order valence-electron chi connectivity index (χ1n) is 6.87. The van der Waals surface area contributed by atoms with Gasteiger partial charge >= 0.3 is 5.97 Å². The standard InChI is InChI=1S/C16H13NO3S/c1-9-7-11(9)13-5-4-10(19-13)8-12-16(18)20-15(17-12)14-3-2-6-21-14/h2-6,8-9,11H,7H2,1H3/b12-8-. The number of hydrogen-bond donors (Lipinski definition) is 0. The maximum atomic E-state index is 11.8. The van der Waals surface area contributed by atoms with Crippen LogP contribution >= 0.6 is 11.3 Å². The molecule has 106 valence electrons. The molecular formula is C16H13NO3S. The molecule has 2 aromatic rings. The number of aliphatic imine (C=N–C) groups is 1. The van der Waals surface area contributed by atoms with Gasteiger partial charge in [0.05, 0.1) is 4.88 Å². The van der Waals surface area contributed by atoms with E-state index in [9.17, 15) is 4.79 Å². The highest BCUT2D eigenvalue weighted by atomic mass is 32.1. The van der Waals surface area contributed by atoms with Crippen molar-refractivity contribution in [2.75, 3.05) is 0 Å². The van der Waals surface area contributed by atoms with Gasteiger partial charge in [0.25, 0.3) is 0 Å². The van der Waals surface area contributed by atoms with Gasteiger partial charge in [-0.2, -0.15) is 0 Å². The van der Waals surface area contributed by atoms with Crippen LogP contribution in [0.2, 0.25) is 0 Å². The molecule has 0 bridgehead atoms. The molecule has 0 radical (unpaired) electrons. The van der Waals surface area contributed by atoms with Crippen molar-refractivity contribution in [2.45, 2.75) is 19.3 Å². The fourth-order valence-corrected chi connectivity index (χ4v) is 3.06. The number of furan rings is 1. The molecule has 2 atom stereocenters. The molecule has 1 aliphatic heterocycles. The number of nitrogens with zero attached hydrogens (tertiary/aromatic N) is 1. The van der Waals surface area contributed by atoms with Crippen LogP contribution in [0.3, 0.4) is 0 Å². The number of carbonyl (C=O) groups is 1. The van der Waals surface area contributed by atoms with Gasteiger partial charge in [-0.3, -0.25) is 0 Å². The maximum absolute atomic E-state index is 11.8. The molecule has 3 heterocycles. The van der Waals surface area contributed by atoms with Gasteiger partial charge in [-0.25, -0.2) is 9.79 Å². The van der Waals surface area contributed by atoms with Crippen LogP contribution in [0.4, 0.5) is 0 Å². The molecule has 21 heavy (non-hydrogen) atoms. The van der Waals surface area contributed by atoms with Gasteiger partial charge < -0.3 is 9.15 Å². The van der Waals surface area contributed by atoms with E-state index in [1.807, 2.05) is 29.6 Å². The molecule has 0 N–H and O–H groups in total. The van der Waals surface area contributed by atoms with Crippen molar-refractivity contribution < 1.29 is 13.9 Å². The van der Waals surface area contributed by atoms with E-state index in [1.54, 1.807) is 6.08 Å². The average Bonchev–Trinajstić information content (AvgIpc) is 2.96. The highest BCUT2D eigenvalue weighted by Gasteiger charge is 2.36. The molecule has 0 saturated heterocycles. The third-order valence-corrected chi connectivity index (χ3v) is 4.61. The van der Waals surface area contributed by atoms with Crippen molar-refractivity contribution in [3.63, 3.8) is 0 Å². The second-order valence-corrected chi connectivity index (χ2v) is 6.32. The number of thiophene rings is 1. The number of cyclic esters (lactones) is 1. The predicted octanol–water partition coefficient (Wildman–Crippen LogP) is 3.81. The third-order valence-electron chi connectivity index (χ3n) is 3.75. The van der Waals surface area contributed by atoms with Crippen LogP contribution in [0, 0.1) is 5.92 Å². The molecular weight excluding hydrogens is 286 g/mol. The summed E-state index contributed by atoms with van der Waals surface area (Å²) >= 11 is 1.49. The Hall–Kier alpha value is -2.14. The zero-order chi connectivity index (χ0) is 14.4. The van der Waals surface area contributed by atoms with Crippen molar-refractivity contribution in [1.29, 1.82) is 0 Å². The average molecular weight is 299 g/mol. The lowest BCUT2D eigenvalue weighted by Gasteiger charge is -1.92. The van der Waals surface area contributed by atoms with Gasteiger partial charge in [0.2, 0.25) is 5.90 Å². The summed E-state index contributed by atoms with van der Waals surface area (Å²) < 4.78 is 10.9. The van der Waals surface area contributed by atoms with E-state index in [-0.39, 0.29) is 5.70 Å². The summed E-state index contributed by atoms with van der Waals surface area (Å²) in [5, 5.41) is 1.92. The lowest BCUT2D eigenvalue weighted by molar-refractivity contribution is -0.129. The van der Waals surface area contributed by atoms with Crippen LogP contribution in [0.15, 0.2) is 44.8 Å². The quantitative estimate of drug-likeness (QED) is 0.639. The fourth-order valence-electron chi connectivity index (χ4n) is 2.41. The Labute approximate surface area is 125 Å². The SMILES string of the molecule is CC1CC1c1ccc(/C=C2\N=C(c3cccs3)OC2=O)o1. The minimum atomic E-state index is -0.434. The molecule has 2 aliphatic rings. The lowest BCUT2D eigenvalue weighted by atomic mass is 10.3. The van der Waals surface area contributed by atoms with Crippen molar-refractivity contribution in [3.05, 3.63) is 51.7 Å². The summed E-state index contributed by atoms with van der Waals surface area (Å²) in [7, 11) is 0. The van der Waals surface area contributed by atoms with E-state index in [0.717, 1.165) is 10.6 Å². The van der Waals surface area contributed by atoms with Crippen LogP contribution in [0.5, 0.6) is 0 Å². The molecule has 0 spiro atoms. The summed E-state index contributed by atoms with van der Waals surface area (Å²) in [4.78, 5) is 16.9. The number of hydrogen-bond acceptors (Lipinski definition) is 5. The van der Waals surface area contributed by atoms with E-state index in [0.29, 0.717) is 23.5 Å². The lowest BCUT2D eigenvalue weighted by Crippen LogP contribution is -2.03. The zero-order valence-electron chi connectivity index (χ0n) is 11.4. The van der Waals surface area contributed by atoms with Gasteiger partial charge in [-0.05, 0) is 35.9 Å².